The zero-order valence-corrected chi connectivity index (χ0v) is 8.42. The molecule has 0 aromatic rings. The van der Waals surface area contributed by atoms with E-state index in [0.717, 1.165) is 13.0 Å². The fraction of sp³-hybridized carbons (Fsp3) is 0.818. The summed E-state index contributed by atoms with van der Waals surface area (Å²) in [7, 11) is 1.00. The van der Waals surface area contributed by atoms with Gasteiger partial charge < -0.3 is 5.11 Å². The highest BCUT2D eigenvalue weighted by molar-refractivity contribution is 4.88. The molecule has 0 heterocycles. The number of allylic oxidation sites excluding steroid dienone is 2. The summed E-state index contributed by atoms with van der Waals surface area (Å²) in [6.45, 7) is 2.21. The summed E-state index contributed by atoms with van der Waals surface area (Å²) in [5, 5.41) is 7.00. The first-order chi connectivity index (χ1) is 5.93. The van der Waals surface area contributed by atoms with Crippen LogP contribution in [0.25, 0.3) is 0 Å². The number of aliphatic hydroxyl groups excluding tert-OH is 1. The summed E-state index contributed by atoms with van der Waals surface area (Å²) in [6, 6.07) is 0. The van der Waals surface area contributed by atoms with E-state index in [4.69, 9.17) is 5.11 Å². The van der Waals surface area contributed by atoms with Crippen LogP contribution < -0.4 is 0 Å². The van der Waals surface area contributed by atoms with Crippen LogP contribution in [0.1, 0.15) is 45.4 Å². The van der Waals surface area contributed by atoms with E-state index in [1.807, 2.05) is 0 Å². The minimum Gasteiger partial charge on any atom is -0.400 e. The second kappa shape index (κ2) is 8.79. The molecular formula is C11H22O. The minimum atomic E-state index is 0.925. The van der Waals surface area contributed by atoms with Crippen LogP contribution in [0.4, 0.5) is 0 Å². The topological polar surface area (TPSA) is 20.2 Å². The van der Waals surface area contributed by atoms with Crippen molar-refractivity contribution in [3.63, 3.8) is 0 Å². The van der Waals surface area contributed by atoms with Gasteiger partial charge in [-0.2, -0.15) is 0 Å². The van der Waals surface area contributed by atoms with Crippen LogP contribution in [-0.4, -0.2) is 12.2 Å². The van der Waals surface area contributed by atoms with Gasteiger partial charge in [0.25, 0.3) is 0 Å². The van der Waals surface area contributed by atoms with Crippen molar-refractivity contribution in [1.82, 2.24) is 0 Å². The van der Waals surface area contributed by atoms with Crippen molar-refractivity contribution in [3.05, 3.63) is 12.2 Å². The minimum absolute atomic E-state index is 0.925. The SMILES string of the molecule is CCC=CC1CCCCC1.CO. The largest absolute Gasteiger partial charge is 0.400 e. The van der Waals surface area contributed by atoms with Gasteiger partial charge in [0.1, 0.15) is 0 Å². The Kier molecular flexibility index (Phi) is 8.57. The fourth-order valence-electron chi connectivity index (χ4n) is 1.66. The molecular weight excluding hydrogens is 148 g/mol. The molecule has 12 heavy (non-hydrogen) atoms. The summed E-state index contributed by atoms with van der Waals surface area (Å²) in [5.74, 6) is 0.925. The molecule has 0 amide bonds. The molecule has 1 N–H and O–H groups in total. The Morgan fingerprint density at radius 1 is 1.17 bits per heavy atom. The summed E-state index contributed by atoms with van der Waals surface area (Å²) >= 11 is 0. The zero-order valence-electron chi connectivity index (χ0n) is 8.42. The Labute approximate surface area is 76.5 Å². The molecule has 1 heteroatoms. The average molecular weight is 170 g/mol. The first kappa shape index (κ1) is 11.7. The van der Waals surface area contributed by atoms with E-state index < -0.39 is 0 Å². The second-order valence-electron chi connectivity index (χ2n) is 3.23. The van der Waals surface area contributed by atoms with Crippen LogP contribution in [0.3, 0.4) is 0 Å². The standard InChI is InChI=1S/C10H18.CH4O/c1-2-3-7-10-8-5-4-6-9-10;1-2/h3,7,10H,2,4-6,8-9H2,1H3;2H,1H3. The maximum atomic E-state index is 7.00. The summed E-state index contributed by atoms with van der Waals surface area (Å²) < 4.78 is 0. The number of aliphatic hydroxyl groups is 1. The third kappa shape index (κ3) is 5.36. The highest BCUT2D eigenvalue weighted by atomic mass is 16.2. The van der Waals surface area contributed by atoms with Crippen LogP contribution in [-0.2, 0) is 0 Å². The van der Waals surface area contributed by atoms with Crippen LogP contribution in [0.5, 0.6) is 0 Å². The predicted octanol–water partition coefficient (Wildman–Crippen LogP) is 3.14. The quantitative estimate of drug-likeness (QED) is 0.631. The Morgan fingerprint density at radius 2 is 1.75 bits per heavy atom. The maximum absolute atomic E-state index is 7.00. The molecule has 0 aliphatic heterocycles. The van der Waals surface area contributed by atoms with Crippen molar-refractivity contribution >= 4 is 0 Å². The summed E-state index contributed by atoms with van der Waals surface area (Å²) in [5.41, 5.74) is 0. The second-order valence-corrected chi connectivity index (χ2v) is 3.23. The van der Waals surface area contributed by atoms with Gasteiger partial charge in [0.15, 0.2) is 0 Å². The van der Waals surface area contributed by atoms with Crippen LogP contribution in [0.15, 0.2) is 12.2 Å². The third-order valence-corrected chi connectivity index (χ3v) is 2.29. The van der Waals surface area contributed by atoms with Crippen molar-refractivity contribution in [2.24, 2.45) is 5.92 Å². The molecule has 1 fully saturated rings. The summed E-state index contributed by atoms with van der Waals surface area (Å²) in [6.07, 6.45) is 13.2. The molecule has 1 rings (SSSR count). The van der Waals surface area contributed by atoms with E-state index >= 15 is 0 Å². The van der Waals surface area contributed by atoms with Crippen molar-refractivity contribution < 1.29 is 5.11 Å². The van der Waals surface area contributed by atoms with E-state index in [1.165, 1.54) is 38.5 Å². The normalized spacial score (nSPS) is 18.9. The average Bonchev–Trinajstić information content (AvgIpc) is 2.19. The van der Waals surface area contributed by atoms with Gasteiger partial charge >= 0.3 is 0 Å². The summed E-state index contributed by atoms with van der Waals surface area (Å²) in [4.78, 5) is 0. The Bertz CT molecular complexity index is 102. The van der Waals surface area contributed by atoms with Gasteiger partial charge in [-0.05, 0) is 25.2 Å². The Balaban J connectivity index is 0.000000561. The van der Waals surface area contributed by atoms with E-state index in [-0.39, 0.29) is 0 Å². The number of rotatable bonds is 2. The van der Waals surface area contributed by atoms with Crippen LogP contribution in [0, 0.1) is 5.92 Å². The molecule has 0 aromatic carbocycles. The molecule has 0 saturated heterocycles. The molecule has 0 aromatic heterocycles. The molecule has 0 atom stereocenters. The molecule has 1 saturated carbocycles. The smallest absolute Gasteiger partial charge is 0.0319 e. The van der Waals surface area contributed by atoms with Gasteiger partial charge in [-0.1, -0.05) is 38.3 Å². The van der Waals surface area contributed by atoms with Crippen molar-refractivity contribution in [1.29, 1.82) is 0 Å². The van der Waals surface area contributed by atoms with Crippen LogP contribution in [0.2, 0.25) is 0 Å². The highest BCUT2D eigenvalue weighted by Gasteiger charge is 2.08. The van der Waals surface area contributed by atoms with Gasteiger partial charge in [-0.15, -0.1) is 0 Å². The molecule has 1 aliphatic carbocycles. The molecule has 1 nitrogen and oxygen atoms in total. The first-order valence-electron chi connectivity index (χ1n) is 5.05. The maximum Gasteiger partial charge on any atom is 0.0319 e. The van der Waals surface area contributed by atoms with E-state index in [0.29, 0.717) is 0 Å². The van der Waals surface area contributed by atoms with Gasteiger partial charge in [0.05, 0.1) is 0 Å². The van der Waals surface area contributed by atoms with E-state index in [2.05, 4.69) is 19.1 Å². The fourth-order valence-corrected chi connectivity index (χ4v) is 1.66. The van der Waals surface area contributed by atoms with Crippen molar-refractivity contribution in [3.8, 4) is 0 Å². The lowest BCUT2D eigenvalue weighted by Gasteiger charge is -2.17. The van der Waals surface area contributed by atoms with Gasteiger partial charge in [0, 0.05) is 7.11 Å². The Hall–Kier alpha value is -0.300. The molecule has 0 spiro atoms. The molecule has 72 valence electrons. The number of hydrogen-bond acceptors (Lipinski definition) is 1. The molecule has 0 bridgehead atoms. The van der Waals surface area contributed by atoms with Crippen molar-refractivity contribution in [2.75, 3.05) is 7.11 Å². The zero-order chi connectivity index (χ0) is 9.23. The lowest BCUT2D eigenvalue weighted by Crippen LogP contribution is -2.02. The predicted molar refractivity (Wildman–Crippen MR) is 54.1 cm³/mol. The van der Waals surface area contributed by atoms with Gasteiger partial charge in [-0.25, -0.2) is 0 Å². The molecule has 0 unspecified atom stereocenters. The third-order valence-electron chi connectivity index (χ3n) is 2.29. The number of hydrogen-bond donors (Lipinski definition) is 1. The van der Waals surface area contributed by atoms with E-state index in [1.54, 1.807) is 0 Å². The Morgan fingerprint density at radius 3 is 2.25 bits per heavy atom. The monoisotopic (exact) mass is 170 g/mol. The van der Waals surface area contributed by atoms with Crippen molar-refractivity contribution in [2.45, 2.75) is 45.4 Å². The lowest BCUT2D eigenvalue weighted by atomic mass is 9.89. The van der Waals surface area contributed by atoms with E-state index in [9.17, 15) is 0 Å². The van der Waals surface area contributed by atoms with Gasteiger partial charge in [-0.3, -0.25) is 0 Å². The van der Waals surface area contributed by atoms with Gasteiger partial charge in [0.2, 0.25) is 0 Å². The molecule has 0 radical (unpaired) electrons. The first-order valence-corrected chi connectivity index (χ1v) is 5.05. The van der Waals surface area contributed by atoms with Crippen LogP contribution >= 0.6 is 0 Å². The highest BCUT2D eigenvalue weighted by Crippen LogP contribution is 2.24. The molecule has 1 aliphatic rings. The lowest BCUT2D eigenvalue weighted by molar-refractivity contribution is 0.399.